The number of hydrogen-bond donors (Lipinski definition) is 0. The zero-order valence-corrected chi connectivity index (χ0v) is 13.4. The van der Waals surface area contributed by atoms with Crippen LogP contribution in [0.2, 0.25) is 0 Å². The SMILES string of the molecule is CC(C=O)n1ccc(-c2ccc(Oc3ccc([N+](=O)[O-])cc3)cc2)n1. The fourth-order valence-electron chi connectivity index (χ4n) is 2.25. The highest BCUT2D eigenvalue weighted by Gasteiger charge is 2.08. The van der Waals surface area contributed by atoms with E-state index in [1.165, 1.54) is 12.1 Å². The molecule has 1 atom stereocenters. The molecule has 25 heavy (non-hydrogen) atoms. The Hall–Kier alpha value is -3.48. The first kappa shape index (κ1) is 16.4. The van der Waals surface area contributed by atoms with Gasteiger partial charge in [0.25, 0.3) is 5.69 Å². The second-order valence-corrected chi connectivity index (χ2v) is 5.44. The molecule has 0 aliphatic carbocycles. The smallest absolute Gasteiger partial charge is 0.269 e. The second kappa shape index (κ2) is 6.96. The van der Waals surface area contributed by atoms with Crippen molar-refractivity contribution < 1.29 is 14.5 Å². The predicted molar refractivity (Wildman–Crippen MR) is 91.6 cm³/mol. The fourth-order valence-corrected chi connectivity index (χ4v) is 2.25. The average Bonchev–Trinajstić information content (AvgIpc) is 3.12. The highest BCUT2D eigenvalue weighted by Crippen LogP contribution is 2.26. The van der Waals surface area contributed by atoms with Crippen molar-refractivity contribution in [2.75, 3.05) is 0 Å². The topological polar surface area (TPSA) is 87.3 Å². The molecule has 1 aromatic heterocycles. The molecule has 7 heteroatoms. The molecule has 0 spiro atoms. The zero-order valence-electron chi connectivity index (χ0n) is 13.4. The summed E-state index contributed by atoms with van der Waals surface area (Å²) >= 11 is 0. The van der Waals surface area contributed by atoms with E-state index in [9.17, 15) is 14.9 Å². The Labute approximate surface area is 143 Å². The predicted octanol–water partition coefficient (Wildman–Crippen LogP) is 4.01. The first-order chi connectivity index (χ1) is 12.1. The van der Waals surface area contributed by atoms with Gasteiger partial charge in [-0.3, -0.25) is 14.8 Å². The molecule has 1 heterocycles. The highest BCUT2D eigenvalue weighted by molar-refractivity contribution is 5.60. The van der Waals surface area contributed by atoms with Crippen molar-refractivity contribution in [2.45, 2.75) is 13.0 Å². The molecule has 0 saturated heterocycles. The normalized spacial score (nSPS) is 11.7. The van der Waals surface area contributed by atoms with Crippen LogP contribution in [-0.4, -0.2) is 21.0 Å². The van der Waals surface area contributed by atoms with Crippen molar-refractivity contribution >= 4 is 12.0 Å². The summed E-state index contributed by atoms with van der Waals surface area (Å²) < 4.78 is 7.27. The Morgan fingerprint density at radius 3 is 2.24 bits per heavy atom. The number of aldehydes is 1. The molecule has 0 bridgehead atoms. The largest absolute Gasteiger partial charge is 0.457 e. The summed E-state index contributed by atoms with van der Waals surface area (Å²) in [4.78, 5) is 21.0. The van der Waals surface area contributed by atoms with Gasteiger partial charge in [0.2, 0.25) is 0 Å². The van der Waals surface area contributed by atoms with Crippen LogP contribution >= 0.6 is 0 Å². The molecule has 0 aliphatic rings. The number of carbonyl (C=O) groups is 1. The van der Waals surface area contributed by atoms with Crippen LogP contribution in [0.4, 0.5) is 5.69 Å². The summed E-state index contributed by atoms with van der Waals surface area (Å²) in [6.45, 7) is 1.77. The van der Waals surface area contributed by atoms with E-state index >= 15 is 0 Å². The van der Waals surface area contributed by atoms with E-state index in [-0.39, 0.29) is 11.7 Å². The Kier molecular flexibility index (Phi) is 4.56. The molecular weight excluding hydrogens is 322 g/mol. The maximum absolute atomic E-state index is 10.8. The van der Waals surface area contributed by atoms with Gasteiger partial charge in [-0.1, -0.05) is 0 Å². The van der Waals surface area contributed by atoms with Crippen LogP contribution in [-0.2, 0) is 4.79 Å². The van der Waals surface area contributed by atoms with E-state index in [2.05, 4.69) is 5.10 Å². The molecule has 1 unspecified atom stereocenters. The lowest BCUT2D eigenvalue weighted by Crippen LogP contribution is -2.06. The van der Waals surface area contributed by atoms with Crippen LogP contribution in [0.5, 0.6) is 11.5 Å². The summed E-state index contributed by atoms with van der Waals surface area (Å²) in [6.07, 6.45) is 2.59. The average molecular weight is 337 g/mol. The summed E-state index contributed by atoms with van der Waals surface area (Å²) in [5, 5.41) is 15.0. The van der Waals surface area contributed by atoms with Gasteiger partial charge >= 0.3 is 0 Å². The molecule has 0 amide bonds. The third-order valence-corrected chi connectivity index (χ3v) is 3.66. The summed E-state index contributed by atoms with van der Waals surface area (Å²) in [6, 6.07) is 14.7. The minimum Gasteiger partial charge on any atom is -0.457 e. The van der Waals surface area contributed by atoms with Crippen molar-refractivity contribution in [1.29, 1.82) is 0 Å². The lowest BCUT2D eigenvalue weighted by atomic mass is 10.1. The van der Waals surface area contributed by atoms with E-state index in [0.717, 1.165) is 17.5 Å². The van der Waals surface area contributed by atoms with Gasteiger partial charge < -0.3 is 9.53 Å². The minimum absolute atomic E-state index is 0.0165. The Bertz CT molecular complexity index is 885. The van der Waals surface area contributed by atoms with Crippen LogP contribution in [0.15, 0.2) is 60.8 Å². The third-order valence-electron chi connectivity index (χ3n) is 3.66. The number of rotatable bonds is 6. The summed E-state index contributed by atoms with van der Waals surface area (Å²) in [5.41, 5.74) is 1.67. The van der Waals surface area contributed by atoms with Crippen LogP contribution in [0, 0.1) is 10.1 Å². The van der Waals surface area contributed by atoms with Gasteiger partial charge in [-0.05, 0) is 49.4 Å². The fraction of sp³-hybridized carbons (Fsp3) is 0.111. The van der Waals surface area contributed by atoms with Crippen molar-refractivity contribution in [3.63, 3.8) is 0 Å². The first-order valence-electron chi connectivity index (χ1n) is 7.60. The number of nitrogens with zero attached hydrogens (tertiary/aromatic N) is 3. The molecule has 0 aliphatic heterocycles. The molecule has 0 N–H and O–H groups in total. The van der Waals surface area contributed by atoms with E-state index in [1.54, 1.807) is 42.1 Å². The van der Waals surface area contributed by atoms with Crippen molar-refractivity contribution in [1.82, 2.24) is 9.78 Å². The lowest BCUT2D eigenvalue weighted by molar-refractivity contribution is -0.384. The molecule has 2 aromatic carbocycles. The summed E-state index contributed by atoms with van der Waals surface area (Å²) in [7, 11) is 0. The minimum atomic E-state index is -0.455. The number of carbonyl (C=O) groups excluding carboxylic acids is 1. The maximum Gasteiger partial charge on any atom is 0.269 e. The van der Waals surface area contributed by atoms with Crippen LogP contribution < -0.4 is 4.74 Å². The Balaban J connectivity index is 1.72. The van der Waals surface area contributed by atoms with Crippen LogP contribution in [0.1, 0.15) is 13.0 Å². The molecule has 3 rings (SSSR count). The quantitative estimate of drug-likeness (QED) is 0.385. The van der Waals surface area contributed by atoms with E-state index < -0.39 is 4.92 Å². The summed E-state index contributed by atoms with van der Waals surface area (Å²) in [5.74, 6) is 1.13. The van der Waals surface area contributed by atoms with Gasteiger partial charge in [-0.2, -0.15) is 5.10 Å². The molecule has 7 nitrogen and oxygen atoms in total. The van der Waals surface area contributed by atoms with Gasteiger partial charge in [0.1, 0.15) is 23.8 Å². The number of non-ortho nitro benzene ring substituents is 1. The number of nitro groups is 1. The number of benzene rings is 2. The number of aromatic nitrogens is 2. The molecule has 3 aromatic rings. The second-order valence-electron chi connectivity index (χ2n) is 5.44. The molecule has 0 saturated carbocycles. The number of hydrogen-bond acceptors (Lipinski definition) is 5. The van der Waals surface area contributed by atoms with Gasteiger partial charge in [-0.15, -0.1) is 0 Å². The van der Waals surface area contributed by atoms with Gasteiger partial charge in [0, 0.05) is 23.9 Å². The number of nitro benzene ring substituents is 1. The van der Waals surface area contributed by atoms with Crippen molar-refractivity contribution in [2.24, 2.45) is 0 Å². The van der Waals surface area contributed by atoms with Gasteiger partial charge in [-0.25, -0.2) is 0 Å². The number of ether oxygens (including phenoxy) is 1. The first-order valence-corrected chi connectivity index (χ1v) is 7.60. The standard InChI is InChI=1S/C18H15N3O4/c1-13(12-22)20-11-10-18(19-20)14-2-6-16(7-3-14)25-17-8-4-15(5-9-17)21(23)24/h2-13H,1H3. The Morgan fingerprint density at radius 2 is 1.68 bits per heavy atom. The van der Waals surface area contributed by atoms with Gasteiger partial charge in [0.05, 0.1) is 10.6 Å². The van der Waals surface area contributed by atoms with E-state index in [0.29, 0.717) is 11.5 Å². The highest BCUT2D eigenvalue weighted by atomic mass is 16.6. The zero-order chi connectivity index (χ0) is 17.8. The van der Waals surface area contributed by atoms with Crippen LogP contribution in [0.25, 0.3) is 11.3 Å². The monoisotopic (exact) mass is 337 g/mol. The van der Waals surface area contributed by atoms with Gasteiger partial charge in [0.15, 0.2) is 0 Å². The molecule has 126 valence electrons. The molecule has 0 radical (unpaired) electrons. The molecule has 0 fully saturated rings. The third kappa shape index (κ3) is 3.72. The lowest BCUT2D eigenvalue weighted by Gasteiger charge is -2.06. The van der Waals surface area contributed by atoms with Crippen molar-refractivity contribution in [3.8, 4) is 22.8 Å². The van der Waals surface area contributed by atoms with E-state index in [4.69, 9.17) is 4.74 Å². The van der Waals surface area contributed by atoms with Crippen molar-refractivity contribution in [3.05, 3.63) is 70.9 Å². The maximum atomic E-state index is 10.8. The van der Waals surface area contributed by atoms with Crippen LogP contribution in [0.3, 0.4) is 0 Å². The van der Waals surface area contributed by atoms with E-state index in [1.807, 2.05) is 18.2 Å². The Morgan fingerprint density at radius 1 is 1.08 bits per heavy atom. The molecular formula is C18H15N3O4.